The fourth-order valence-electron chi connectivity index (χ4n) is 1.85. The summed E-state index contributed by atoms with van der Waals surface area (Å²) in [4.78, 5) is 22.5. The van der Waals surface area contributed by atoms with Crippen molar-refractivity contribution in [3.63, 3.8) is 0 Å². The Morgan fingerprint density at radius 1 is 1.58 bits per heavy atom. The highest BCUT2D eigenvalue weighted by molar-refractivity contribution is 6.33. The fraction of sp³-hybridized carbons (Fsp3) is 0.500. The number of rotatable bonds is 0. The first-order valence-electron chi connectivity index (χ1n) is 4.08. The lowest BCUT2D eigenvalue weighted by atomic mass is 9.85. The molecule has 4 heteroatoms. The summed E-state index contributed by atoms with van der Waals surface area (Å²) in [6, 6.07) is 0. The summed E-state index contributed by atoms with van der Waals surface area (Å²) >= 11 is 0. The lowest BCUT2D eigenvalue weighted by Crippen LogP contribution is -2.27. The molecule has 0 radical (unpaired) electrons. The van der Waals surface area contributed by atoms with Crippen molar-refractivity contribution >= 4 is 22.2 Å². The molecule has 0 bridgehead atoms. The van der Waals surface area contributed by atoms with Crippen LogP contribution in [-0.2, 0) is 14.3 Å². The predicted octanol–water partition coefficient (Wildman–Crippen LogP) is -0.440. The second-order valence-electron chi connectivity index (χ2n) is 3.52. The van der Waals surface area contributed by atoms with Gasteiger partial charge in [0.05, 0.1) is 11.0 Å². The van der Waals surface area contributed by atoms with Gasteiger partial charge in [-0.05, 0) is 12.8 Å². The Morgan fingerprint density at radius 3 is 3.00 bits per heavy atom. The van der Waals surface area contributed by atoms with E-state index in [-0.39, 0.29) is 17.9 Å². The Hall–Kier alpha value is -0.903. The van der Waals surface area contributed by atoms with Gasteiger partial charge >= 0.3 is 11.9 Å². The maximum absolute atomic E-state index is 11.3. The molecule has 3 nitrogen and oxygen atoms in total. The molecule has 0 saturated carbocycles. The van der Waals surface area contributed by atoms with E-state index in [1.54, 1.807) is 0 Å². The molecule has 2 rings (SSSR count). The lowest BCUT2D eigenvalue weighted by molar-refractivity contribution is -0.153. The molecule has 1 fully saturated rings. The van der Waals surface area contributed by atoms with Gasteiger partial charge < -0.3 is 4.74 Å². The molecule has 1 aliphatic carbocycles. The van der Waals surface area contributed by atoms with Gasteiger partial charge in [0, 0.05) is 10.2 Å². The summed E-state index contributed by atoms with van der Waals surface area (Å²) < 4.78 is 4.62. The molecule has 0 aromatic rings. The van der Waals surface area contributed by atoms with Crippen LogP contribution in [-0.4, -0.2) is 22.2 Å². The molecule has 0 N–H and O–H groups in total. The maximum atomic E-state index is 11.3. The number of carbonyl (C=O) groups is 2. The van der Waals surface area contributed by atoms with Crippen molar-refractivity contribution in [2.75, 3.05) is 0 Å². The van der Waals surface area contributed by atoms with Crippen LogP contribution in [0.25, 0.3) is 0 Å². The number of cyclic esters (lactones) is 2. The highest BCUT2D eigenvalue weighted by atomic mass is 28.1. The van der Waals surface area contributed by atoms with Crippen molar-refractivity contribution in [2.45, 2.75) is 17.9 Å². The van der Waals surface area contributed by atoms with E-state index in [0.717, 1.165) is 12.8 Å². The third-order valence-corrected chi connectivity index (χ3v) is 4.17. The quantitative estimate of drug-likeness (QED) is 0.221. The summed E-state index contributed by atoms with van der Waals surface area (Å²) in [6.45, 7) is 0. The van der Waals surface area contributed by atoms with Gasteiger partial charge in [0.25, 0.3) is 0 Å². The van der Waals surface area contributed by atoms with Crippen molar-refractivity contribution in [3.05, 3.63) is 12.2 Å². The Kier molecular flexibility index (Phi) is 1.48. The molecule has 1 saturated heterocycles. The van der Waals surface area contributed by atoms with Gasteiger partial charge in [-0.2, -0.15) is 0 Å². The second-order valence-corrected chi connectivity index (χ2v) is 5.18. The molecule has 2 aliphatic rings. The largest absolute Gasteiger partial charge is 0.392 e. The molecule has 2 unspecified atom stereocenters. The van der Waals surface area contributed by atoms with Gasteiger partial charge in [-0.3, -0.25) is 9.59 Å². The van der Waals surface area contributed by atoms with E-state index in [4.69, 9.17) is 0 Å². The minimum atomic E-state index is -0.532. The van der Waals surface area contributed by atoms with Crippen molar-refractivity contribution in [1.82, 2.24) is 0 Å². The third kappa shape index (κ3) is 0.812. The first-order valence-corrected chi connectivity index (χ1v) is 5.08. The SMILES string of the molecule is O=C1OC(=O)C2([SiH3])C=CCCC12. The first-order chi connectivity index (χ1) is 5.64. The van der Waals surface area contributed by atoms with E-state index in [1.807, 2.05) is 12.2 Å². The Labute approximate surface area is 73.2 Å². The van der Waals surface area contributed by atoms with Gasteiger partial charge in [-0.1, -0.05) is 12.2 Å². The Morgan fingerprint density at radius 2 is 2.33 bits per heavy atom. The van der Waals surface area contributed by atoms with Crippen LogP contribution in [0.2, 0.25) is 5.04 Å². The van der Waals surface area contributed by atoms with Crippen molar-refractivity contribution in [1.29, 1.82) is 0 Å². The average molecular weight is 182 g/mol. The van der Waals surface area contributed by atoms with Crippen LogP contribution in [0.5, 0.6) is 0 Å². The summed E-state index contributed by atoms with van der Waals surface area (Å²) in [5, 5.41) is -0.532. The number of ether oxygens (including phenoxy) is 1. The topological polar surface area (TPSA) is 43.4 Å². The van der Waals surface area contributed by atoms with Gasteiger partial charge in [0.1, 0.15) is 0 Å². The highest BCUT2D eigenvalue weighted by Gasteiger charge is 2.53. The molecule has 0 amide bonds. The van der Waals surface area contributed by atoms with Crippen LogP contribution in [0.1, 0.15) is 12.8 Å². The second kappa shape index (κ2) is 2.29. The molecular weight excluding hydrogens is 172 g/mol. The smallest absolute Gasteiger partial charge is 0.320 e. The summed E-state index contributed by atoms with van der Waals surface area (Å²) in [5.74, 6) is -0.832. The van der Waals surface area contributed by atoms with Crippen LogP contribution in [0.3, 0.4) is 0 Å². The summed E-state index contributed by atoms with van der Waals surface area (Å²) in [7, 11) is 0.667. The minimum Gasteiger partial charge on any atom is -0.392 e. The van der Waals surface area contributed by atoms with Gasteiger partial charge in [-0.25, -0.2) is 0 Å². The van der Waals surface area contributed by atoms with Crippen molar-refractivity contribution in [3.8, 4) is 0 Å². The summed E-state index contributed by atoms with van der Waals surface area (Å²) in [5.41, 5.74) is 0. The predicted molar refractivity (Wildman–Crippen MR) is 45.6 cm³/mol. The van der Waals surface area contributed by atoms with E-state index in [9.17, 15) is 9.59 Å². The summed E-state index contributed by atoms with van der Waals surface area (Å²) in [6.07, 6.45) is 5.49. The molecule has 12 heavy (non-hydrogen) atoms. The third-order valence-electron chi connectivity index (χ3n) is 2.73. The number of allylic oxidation sites excluding steroid dienone is 1. The molecular formula is C8H10O3Si. The Balaban J connectivity index is 2.44. The minimum absolute atomic E-state index is 0.179. The van der Waals surface area contributed by atoms with E-state index in [2.05, 4.69) is 4.74 Å². The Bertz CT molecular complexity index is 284. The molecule has 0 spiro atoms. The average Bonchev–Trinajstić information content (AvgIpc) is 2.25. The van der Waals surface area contributed by atoms with Crippen LogP contribution >= 0.6 is 0 Å². The number of hydrogen-bond acceptors (Lipinski definition) is 3. The molecule has 0 aromatic heterocycles. The van der Waals surface area contributed by atoms with Gasteiger partial charge in [0.15, 0.2) is 0 Å². The molecule has 2 atom stereocenters. The normalized spacial score (nSPS) is 39.8. The molecule has 1 aliphatic heterocycles. The molecule has 64 valence electrons. The monoisotopic (exact) mass is 182 g/mol. The van der Waals surface area contributed by atoms with E-state index >= 15 is 0 Å². The zero-order valence-corrected chi connectivity index (χ0v) is 8.87. The van der Waals surface area contributed by atoms with Crippen molar-refractivity contribution in [2.24, 2.45) is 5.92 Å². The van der Waals surface area contributed by atoms with E-state index in [1.165, 1.54) is 0 Å². The number of fused-ring (bicyclic) bond motifs is 1. The molecule has 0 aromatic carbocycles. The van der Waals surface area contributed by atoms with Crippen molar-refractivity contribution < 1.29 is 14.3 Å². The van der Waals surface area contributed by atoms with Gasteiger partial charge in [-0.15, -0.1) is 0 Å². The van der Waals surface area contributed by atoms with E-state index < -0.39 is 5.04 Å². The van der Waals surface area contributed by atoms with Crippen LogP contribution in [0, 0.1) is 5.92 Å². The standard InChI is InChI=1S/C8H10O3Si/c9-6-5-3-1-2-4-8(5,12)7(10)11-6/h2,4-5H,1,3H2,12H3. The zero-order chi connectivity index (χ0) is 8.77. The number of hydrogen-bond donors (Lipinski definition) is 0. The van der Waals surface area contributed by atoms with Crippen LogP contribution < -0.4 is 0 Å². The zero-order valence-electron chi connectivity index (χ0n) is 6.87. The first kappa shape index (κ1) is 7.73. The number of esters is 2. The highest BCUT2D eigenvalue weighted by Crippen LogP contribution is 2.46. The molecule has 1 heterocycles. The van der Waals surface area contributed by atoms with Gasteiger partial charge in [0.2, 0.25) is 0 Å². The fourth-order valence-corrected chi connectivity index (χ4v) is 2.71. The van der Waals surface area contributed by atoms with Crippen LogP contribution in [0.15, 0.2) is 12.2 Å². The maximum Gasteiger partial charge on any atom is 0.320 e. The lowest BCUT2D eigenvalue weighted by Gasteiger charge is -2.24. The van der Waals surface area contributed by atoms with Crippen LogP contribution in [0.4, 0.5) is 0 Å². The number of carbonyl (C=O) groups excluding carboxylic acids is 2. The van der Waals surface area contributed by atoms with E-state index in [0.29, 0.717) is 10.2 Å².